The molecule has 0 aliphatic heterocycles. The third-order valence-corrected chi connectivity index (χ3v) is 5.77. The number of hydrogen-bond donors (Lipinski definition) is 0. The molecule has 7 heteroatoms. The van der Waals surface area contributed by atoms with Crippen molar-refractivity contribution in [3.8, 4) is 5.75 Å². The Labute approximate surface area is 144 Å². The van der Waals surface area contributed by atoms with Crippen molar-refractivity contribution in [3.63, 3.8) is 0 Å². The number of rotatable bonds is 3. The predicted octanol–water partition coefficient (Wildman–Crippen LogP) is 4.25. The van der Waals surface area contributed by atoms with Crippen LogP contribution < -0.4 is 4.18 Å². The van der Waals surface area contributed by atoms with Gasteiger partial charge in [-0.05, 0) is 48.2 Å². The van der Waals surface area contributed by atoms with E-state index in [0.717, 1.165) is 29.3 Å². The molecule has 0 fully saturated rings. The highest BCUT2D eigenvalue weighted by atomic mass is 35.5. The lowest BCUT2D eigenvalue weighted by Crippen LogP contribution is -2.13. The van der Waals surface area contributed by atoms with Crippen molar-refractivity contribution < 1.29 is 21.8 Å². The number of carbonyl (C=O) groups is 1. The quantitative estimate of drug-likeness (QED) is 0.760. The molecule has 0 heterocycles. The fourth-order valence-electron chi connectivity index (χ4n) is 3.02. The molecule has 0 aromatic heterocycles. The van der Waals surface area contributed by atoms with Crippen LogP contribution in [0.15, 0.2) is 35.2 Å². The summed E-state index contributed by atoms with van der Waals surface area (Å²) in [7, 11) is -4.29. The zero-order chi connectivity index (χ0) is 17.6. The SMILES string of the molecule is Cc1ccc(OS(=O)(=O)c2ccc(F)cc2Cl)c2c1[C@H](C)CC2=O. The second-order valence-electron chi connectivity index (χ2n) is 5.81. The average molecular weight is 369 g/mol. The smallest absolute Gasteiger partial charge is 0.340 e. The summed E-state index contributed by atoms with van der Waals surface area (Å²) in [5.74, 6) is -0.825. The number of hydrogen-bond acceptors (Lipinski definition) is 4. The number of ketones is 1. The van der Waals surface area contributed by atoms with E-state index in [-0.39, 0.29) is 27.4 Å². The Morgan fingerprint density at radius 2 is 1.96 bits per heavy atom. The van der Waals surface area contributed by atoms with Gasteiger partial charge in [-0.15, -0.1) is 0 Å². The predicted molar refractivity (Wildman–Crippen MR) is 87.8 cm³/mol. The Balaban J connectivity index is 2.08. The standard InChI is InChI=1S/C17H14ClFO4S/c1-9-3-5-14(17-13(20)7-10(2)16(9)17)23-24(21,22)15-6-4-11(19)8-12(15)18/h3-6,8,10H,7H2,1-2H3/t10-/m1/s1. The monoisotopic (exact) mass is 368 g/mol. The van der Waals surface area contributed by atoms with Crippen molar-refractivity contribution in [1.29, 1.82) is 0 Å². The van der Waals surface area contributed by atoms with Crippen molar-refractivity contribution in [3.05, 3.63) is 57.9 Å². The summed E-state index contributed by atoms with van der Waals surface area (Å²) in [5, 5.41) is -0.279. The van der Waals surface area contributed by atoms with Crippen LogP contribution >= 0.6 is 11.6 Å². The molecule has 126 valence electrons. The van der Waals surface area contributed by atoms with Gasteiger partial charge in [0.15, 0.2) is 11.5 Å². The Hall–Kier alpha value is -1.92. The molecule has 2 aromatic rings. The minimum atomic E-state index is -4.29. The molecule has 0 saturated carbocycles. The van der Waals surface area contributed by atoms with Gasteiger partial charge in [-0.1, -0.05) is 24.6 Å². The van der Waals surface area contributed by atoms with Gasteiger partial charge in [-0.2, -0.15) is 8.42 Å². The fourth-order valence-corrected chi connectivity index (χ4v) is 4.47. The molecule has 0 saturated heterocycles. The average Bonchev–Trinajstić information content (AvgIpc) is 2.77. The second kappa shape index (κ2) is 5.86. The molecule has 0 unspecified atom stereocenters. The maximum atomic E-state index is 13.1. The van der Waals surface area contributed by atoms with E-state index in [1.54, 1.807) is 6.07 Å². The highest BCUT2D eigenvalue weighted by molar-refractivity contribution is 7.87. The van der Waals surface area contributed by atoms with Crippen molar-refractivity contribution >= 4 is 27.5 Å². The molecule has 3 rings (SSSR count). The highest BCUT2D eigenvalue weighted by Crippen LogP contribution is 2.41. The van der Waals surface area contributed by atoms with Gasteiger partial charge in [-0.25, -0.2) is 4.39 Å². The second-order valence-corrected chi connectivity index (χ2v) is 7.73. The largest absolute Gasteiger partial charge is 0.378 e. The summed E-state index contributed by atoms with van der Waals surface area (Å²) in [5.41, 5.74) is 2.01. The number of halogens is 2. The Morgan fingerprint density at radius 1 is 1.25 bits per heavy atom. The first-order chi connectivity index (χ1) is 11.2. The molecule has 0 amide bonds. The molecular formula is C17H14ClFO4S. The van der Waals surface area contributed by atoms with Crippen LogP contribution in [0.2, 0.25) is 5.02 Å². The van der Waals surface area contributed by atoms with E-state index in [0.29, 0.717) is 12.0 Å². The minimum Gasteiger partial charge on any atom is -0.378 e. The van der Waals surface area contributed by atoms with E-state index in [2.05, 4.69) is 0 Å². The van der Waals surface area contributed by atoms with Crippen LogP contribution in [0.4, 0.5) is 4.39 Å². The topological polar surface area (TPSA) is 60.4 Å². The first-order valence-corrected chi connectivity index (χ1v) is 9.05. The summed E-state index contributed by atoms with van der Waals surface area (Å²) < 4.78 is 43.2. The van der Waals surface area contributed by atoms with Gasteiger partial charge in [0.2, 0.25) is 0 Å². The molecule has 1 aliphatic carbocycles. The zero-order valence-electron chi connectivity index (χ0n) is 13.0. The summed E-state index contributed by atoms with van der Waals surface area (Å²) in [4.78, 5) is 11.9. The van der Waals surface area contributed by atoms with Crippen LogP contribution in [-0.2, 0) is 10.1 Å². The van der Waals surface area contributed by atoms with Gasteiger partial charge >= 0.3 is 10.1 Å². The number of Topliss-reactive ketones (excluding diaryl/α,β-unsaturated/α-hetero) is 1. The van der Waals surface area contributed by atoms with Crippen molar-refractivity contribution in [2.75, 3.05) is 0 Å². The number of fused-ring (bicyclic) bond motifs is 1. The minimum absolute atomic E-state index is 0.00756. The molecule has 0 bridgehead atoms. The van der Waals surface area contributed by atoms with E-state index in [4.69, 9.17) is 15.8 Å². The van der Waals surface area contributed by atoms with Crippen molar-refractivity contribution in [1.82, 2.24) is 0 Å². The van der Waals surface area contributed by atoms with Crippen LogP contribution in [0, 0.1) is 12.7 Å². The van der Waals surface area contributed by atoms with E-state index in [9.17, 15) is 17.6 Å². The summed E-state index contributed by atoms with van der Waals surface area (Å²) in [6.07, 6.45) is 0.313. The molecular weight excluding hydrogens is 355 g/mol. The fraction of sp³-hybridized carbons (Fsp3) is 0.235. The Morgan fingerprint density at radius 3 is 2.62 bits per heavy atom. The normalized spacial score (nSPS) is 17.0. The molecule has 0 N–H and O–H groups in total. The molecule has 24 heavy (non-hydrogen) atoms. The Kier molecular flexibility index (Phi) is 4.13. The maximum absolute atomic E-state index is 13.1. The molecule has 0 spiro atoms. The molecule has 1 aliphatic rings. The van der Waals surface area contributed by atoms with E-state index in [1.165, 1.54) is 6.07 Å². The van der Waals surface area contributed by atoms with Gasteiger partial charge in [0.25, 0.3) is 0 Å². The highest BCUT2D eigenvalue weighted by Gasteiger charge is 2.33. The maximum Gasteiger partial charge on any atom is 0.340 e. The lowest BCUT2D eigenvalue weighted by molar-refractivity contribution is 0.0989. The molecule has 2 aromatic carbocycles. The van der Waals surface area contributed by atoms with Crippen LogP contribution in [0.5, 0.6) is 5.75 Å². The summed E-state index contributed by atoms with van der Waals surface area (Å²) in [6.45, 7) is 3.77. The van der Waals surface area contributed by atoms with Crippen LogP contribution in [0.1, 0.15) is 40.7 Å². The molecule has 0 radical (unpaired) electrons. The van der Waals surface area contributed by atoms with Gasteiger partial charge in [0.1, 0.15) is 10.7 Å². The van der Waals surface area contributed by atoms with E-state index >= 15 is 0 Å². The van der Waals surface area contributed by atoms with Crippen LogP contribution in [-0.4, -0.2) is 14.2 Å². The lowest BCUT2D eigenvalue weighted by Gasteiger charge is -2.13. The van der Waals surface area contributed by atoms with Crippen LogP contribution in [0.25, 0.3) is 0 Å². The number of carbonyl (C=O) groups excluding carboxylic acids is 1. The van der Waals surface area contributed by atoms with E-state index < -0.39 is 15.9 Å². The van der Waals surface area contributed by atoms with E-state index in [1.807, 2.05) is 13.8 Å². The van der Waals surface area contributed by atoms with Gasteiger partial charge in [0, 0.05) is 6.42 Å². The third kappa shape index (κ3) is 2.80. The number of aryl methyl sites for hydroxylation is 1. The van der Waals surface area contributed by atoms with Gasteiger partial charge in [-0.3, -0.25) is 4.79 Å². The summed E-state index contributed by atoms with van der Waals surface area (Å²) in [6, 6.07) is 6.08. The van der Waals surface area contributed by atoms with Gasteiger partial charge < -0.3 is 4.18 Å². The van der Waals surface area contributed by atoms with Crippen LogP contribution in [0.3, 0.4) is 0 Å². The number of benzene rings is 2. The molecule has 4 nitrogen and oxygen atoms in total. The Bertz CT molecular complexity index is 953. The molecule has 1 atom stereocenters. The first kappa shape index (κ1) is 16.9. The zero-order valence-corrected chi connectivity index (χ0v) is 14.5. The van der Waals surface area contributed by atoms with Gasteiger partial charge in [0.05, 0.1) is 10.6 Å². The van der Waals surface area contributed by atoms with Crippen molar-refractivity contribution in [2.45, 2.75) is 31.1 Å². The first-order valence-electron chi connectivity index (χ1n) is 7.27. The van der Waals surface area contributed by atoms with Crippen molar-refractivity contribution in [2.24, 2.45) is 0 Å². The lowest BCUT2D eigenvalue weighted by atomic mass is 9.98. The summed E-state index contributed by atoms with van der Waals surface area (Å²) >= 11 is 5.81. The third-order valence-electron chi connectivity index (χ3n) is 4.05.